The maximum Gasteiger partial charge on any atom is 0.523 e. The van der Waals surface area contributed by atoms with Gasteiger partial charge in [0.2, 0.25) is 11.8 Å². The summed E-state index contributed by atoms with van der Waals surface area (Å²) in [5, 5.41) is 11.1. The Morgan fingerprint density at radius 1 is 0.923 bits per heavy atom. The van der Waals surface area contributed by atoms with Gasteiger partial charge in [0, 0.05) is 49.7 Å². The van der Waals surface area contributed by atoms with E-state index in [0.29, 0.717) is 64.2 Å². The minimum absolute atomic E-state index is 0.00812. The van der Waals surface area contributed by atoms with Gasteiger partial charge in [0.1, 0.15) is 18.0 Å². The molecule has 1 aliphatic carbocycles. The van der Waals surface area contributed by atoms with Crippen molar-refractivity contribution in [2.45, 2.75) is 110 Å². The molecule has 0 spiro atoms. The normalized spacial score (nSPS) is 23.5. The molecule has 6 unspecified atom stereocenters. The molecule has 0 saturated carbocycles. The number of hydrogen-bond acceptors (Lipinski definition) is 10. The summed E-state index contributed by atoms with van der Waals surface area (Å²) in [4.78, 5) is 63.1. The number of aliphatic imine (C=N–C) groups is 1. The summed E-state index contributed by atoms with van der Waals surface area (Å²) >= 11 is 0. The number of carbonyl (C=O) groups is 4. The predicted molar refractivity (Wildman–Crippen MR) is 238 cm³/mol. The molecule has 3 aliphatic heterocycles. The number of ether oxygens (including phenoxy) is 3. The number of aromatic nitrogens is 1. The van der Waals surface area contributed by atoms with E-state index in [1.807, 2.05) is 11.8 Å². The Balaban J connectivity index is 1.16. The minimum atomic E-state index is -5.21. The van der Waals surface area contributed by atoms with Crippen LogP contribution in [0.3, 0.4) is 0 Å². The number of alkyl halides is 4. The second kappa shape index (κ2) is 21.1. The smallest absolute Gasteiger partial charge is 0.453 e. The molecule has 14 nitrogen and oxygen atoms in total. The fraction of sp³-hybridized carbons (Fsp3) is 0.532. The van der Waals surface area contributed by atoms with Gasteiger partial charge in [-0.2, -0.15) is 0 Å². The van der Waals surface area contributed by atoms with Crippen molar-refractivity contribution in [2.24, 2.45) is 22.2 Å². The molecule has 65 heavy (non-hydrogen) atoms. The van der Waals surface area contributed by atoms with Gasteiger partial charge in [-0.25, -0.2) is 14.2 Å². The topological polar surface area (TPSA) is 173 Å². The fourth-order valence-corrected chi connectivity index (χ4v) is 8.62. The molecular formula is C47H59F4N7O7. The number of nitrogens with zero attached hydrogens (tertiary/aromatic N) is 3. The average molecular weight is 910 g/mol. The van der Waals surface area contributed by atoms with E-state index in [-0.39, 0.29) is 52.6 Å². The van der Waals surface area contributed by atoms with Gasteiger partial charge >= 0.3 is 12.5 Å². The van der Waals surface area contributed by atoms with Crippen LogP contribution in [-0.4, -0.2) is 110 Å². The summed E-state index contributed by atoms with van der Waals surface area (Å²) < 4.78 is 72.2. The van der Waals surface area contributed by atoms with E-state index in [1.54, 1.807) is 57.3 Å². The maximum absolute atomic E-state index is 16.1. The van der Waals surface area contributed by atoms with Crippen LogP contribution in [0.25, 0.3) is 11.1 Å². The lowest BCUT2D eigenvalue weighted by Crippen LogP contribution is -2.57. The number of nitrogens with one attached hydrogen (secondary N) is 4. The molecule has 18 heteroatoms. The van der Waals surface area contributed by atoms with Gasteiger partial charge in [-0.3, -0.25) is 24.1 Å². The Morgan fingerprint density at radius 2 is 1.63 bits per heavy atom. The number of pyridine rings is 1. The number of benzene rings is 1. The Bertz CT molecular complexity index is 2160. The molecule has 6 atom stereocenters. The second-order valence-corrected chi connectivity index (χ2v) is 17.9. The number of allylic oxidation sites excluding steroid dienone is 3. The van der Waals surface area contributed by atoms with Gasteiger partial charge in [-0.1, -0.05) is 64.1 Å². The third-order valence-electron chi connectivity index (χ3n) is 12.3. The van der Waals surface area contributed by atoms with E-state index in [0.717, 1.165) is 29.3 Å². The molecule has 4 N–H and O–H groups in total. The number of likely N-dealkylation sites (tertiary alicyclic amines) is 1. The Kier molecular flexibility index (Phi) is 15.9. The summed E-state index contributed by atoms with van der Waals surface area (Å²) in [6.07, 6.45) is -0.966. The lowest BCUT2D eigenvalue weighted by atomic mass is 9.87. The lowest BCUT2D eigenvalue weighted by Gasteiger charge is -2.37. The van der Waals surface area contributed by atoms with Crippen LogP contribution in [0.4, 0.5) is 33.9 Å². The minimum Gasteiger partial charge on any atom is -0.453 e. The molecule has 2 aromatic rings. The van der Waals surface area contributed by atoms with Gasteiger partial charge in [-0.15, -0.1) is 13.2 Å². The predicted octanol–water partition coefficient (Wildman–Crippen LogP) is 7.60. The summed E-state index contributed by atoms with van der Waals surface area (Å²) in [5.41, 5.74) is 1.77. The van der Waals surface area contributed by atoms with Crippen molar-refractivity contribution in [2.75, 3.05) is 44.0 Å². The molecule has 2 fully saturated rings. The average Bonchev–Trinajstić information content (AvgIpc) is 3.54. The highest BCUT2D eigenvalue weighted by Crippen LogP contribution is 2.38. The number of carbonyl (C=O) groups excluding carboxylic acids is 4. The summed E-state index contributed by atoms with van der Waals surface area (Å²) in [6, 6.07) is 8.55. The standard InChI is InChI=1S/C47H59F4N7O7/c1-27-7-9-32(25-55-39(27)36-17-8-28(2)58(36)43(60)40(57-45(62)63-6)31-19-23-64-24-20-31)29-10-12-30(13-11-29)34-15-16-35(38(48)41(34)65-47(49,50)51)42(59)56-33-14-18-37(54-26-33)52-21-22-53-44(61)46(3,4)5/h10-16,18,25-28,31,36,38,40-41H,7-9,17,19-24H2,1-6H3,(H,52,54)(H,53,61)(H,56,59)(H,57,62). The van der Waals surface area contributed by atoms with E-state index >= 15 is 4.39 Å². The summed E-state index contributed by atoms with van der Waals surface area (Å²) in [7, 11) is 1.27. The van der Waals surface area contributed by atoms with Crippen molar-refractivity contribution in [3.63, 3.8) is 0 Å². The number of methoxy groups -OCH3 is 1. The van der Waals surface area contributed by atoms with Gasteiger partial charge in [0.05, 0.1) is 30.6 Å². The first-order valence-electron chi connectivity index (χ1n) is 22.1. The zero-order valence-electron chi connectivity index (χ0n) is 37.6. The van der Waals surface area contributed by atoms with Gasteiger partial charge < -0.3 is 35.6 Å². The third-order valence-corrected chi connectivity index (χ3v) is 12.3. The molecule has 4 amide bonds. The van der Waals surface area contributed by atoms with Gasteiger partial charge in [0.25, 0.3) is 5.91 Å². The lowest BCUT2D eigenvalue weighted by molar-refractivity contribution is -0.338. The number of hydrogen-bond donors (Lipinski definition) is 4. The molecule has 6 rings (SSSR count). The first-order chi connectivity index (χ1) is 30.8. The van der Waals surface area contributed by atoms with Crippen molar-refractivity contribution in [3.8, 4) is 0 Å². The molecule has 0 radical (unpaired) electrons. The monoisotopic (exact) mass is 909 g/mol. The number of alkyl carbamates (subject to hydrolysis) is 1. The SMILES string of the molecule is COC(=O)NC(C(=O)N1C(C)CCC1C1=NC=C(c2ccc(C3=CC=C(C(=O)Nc4ccc(NCCNC(=O)C(C)(C)C)nc4)C(F)C3OC(F)(F)F)cc2)CCC1C)C1CCOCC1. The highest BCUT2D eigenvalue weighted by molar-refractivity contribution is 6.06. The molecular weight excluding hydrogens is 851 g/mol. The Labute approximate surface area is 376 Å². The zero-order chi connectivity index (χ0) is 47.1. The molecule has 352 valence electrons. The number of amides is 4. The molecule has 0 bridgehead atoms. The van der Waals surface area contributed by atoms with Crippen LogP contribution < -0.4 is 21.3 Å². The van der Waals surface area contributed by atoms with Crippen molar-refractivity contribution < 1.29 is 51.0 Å². The zero-order valence-corrected chi connectivity index (χ0v) is 37.6. The van der Waals surface area contributed by atoms with Gasteiger partial charge in [-0.05, 0) is 91.7 Å². The Morgan fingerprint density at radius 3 is 2.28 bits per heavy atom. The highest BCUT2D eigenvalue weighted by Gasteiger charge is 2.45. The van der Waals surface area contributed by atoms with Gasteiger partial charge in [0.15, 0.2) is 6.17 Å². The van der Waals surface area contributed by atoms with E-state index in [2.05, 4.69) is 37.9 Å². The molecule has 2 saturated heterocycles. The molecule has 1 aromatic heterocycles. The van der Waals surface area contributed by atoms with Crippen molar-refractivity contribution in [1.29, 1.82) is 0 Å². The molecule has 4 aliphatic rings. The molecule has 4 heterocycles. The number of halogens is 4. The third kappa shape index (κ3) is 12.4. The number of rotatable bonds is 13. The summed E-state index contributed by atoms with van der Waals surface area (Å²) in [5.74, 6) is -0.896. The van der Waals surface area contributed by atoms with E-state index in [1.165, 1.54) is 25.4 Å². The second-order valence-electron chi connectivity index (χ2n) is 17.9. The van der Waals surface area contributed by atoms with Crippen LogP contribution in [0.5, 0.6) is 0 Å². The first-order valence-corrected chi connectivity index (χ1v) is 22.1. The Hall–Kier alpha value is -5.62. The van der Waals surface area contributed by atoms with Crippen molar-refractivity contribution >= 4 is 52.2 Å². The largest absolute Gasteiger partial charge is 0.523 e. The van der Waals surface area contributed by atoms with Crippen LogP contribution in [0, 0.1) is 17.3 Å². The van der Waals surface area contributed by atoms with Crippen molar-refractivity contribution in [3.05, 3.63) is 77.6 Å². The maximum atomic E-state index is 16.1. The fourth-order valence-electron chi connectivity index (χ4n) is 8.62. The van der Waals surface area contributed by atoms with Crippen LogP contribution in [0.1, 0.15) is 84.3 Å². The highest BCUT2D eigenvalue weighted by atomic mass is 19.4. The van der Waals surface area contributed by atoms with Crippen molar-refractivity contribution in [1.82, 2.24) is 20.5 Å². The summed E-state index contributed by atoms with van der Waals surface area (Å²) in [6.45, 7) is 11.2. The van der Waals surface area contributed by atoms with Crippen LogP contribution in [0.2, 0.25) is 0 Å². The van der Waals surface area contributed by atoms with E-state index in [9.17, 15) is 32.3 Å². The quantitative estimate of drug-likeness (QED) is 0.117. The van der Waals surface area contributed by atoms with Crippen LogP contribution >= 0.6 is 0 Å². The van der Waals surface area contributed by atoms with Crippen LogP contribution in [0.15, 0.2) is 71.5 Å². The van der Waals surface area contributed by atoms with E-state index < -0.39 is 47.7 Å². The van der Waals surface area contributed by atoms with Crippen LogP contribution in [-0.2, 0) is 28.6 Å². The molecule has 1 aromatic carbocycles. The number of anilines is 2. The first kappa shape index (κ1) is 48.8. The van der Waals surface area contributed by atoms with E-state index in [4.69, 9.17) is 14.5 Å².